The topological polar surface area (TPSA) is 68.0 Å². The molecule has 0 aliphatic heterocycles. The average molecular weight is 338 g/mol. The minimum absolute atomic E-state index is 0.110. The Labute approximate surface area is 124 Å². The quantitative estimate of drug-likeness (QED) is 0.904. The number of hydrogen-bond donors (Lipinski definition) is 2. The molecule has 1 aromatic heterocycles. The van der Waals surface area contributed by atoms with E-state index in [9.17, 15) is 9.18 Å². The predicted octanol–water partition coefficient (Wildman–Crippen LogP) is 3.06. The van der Waals surface area contributed by atoms with E-state index >= 15 is 0 Å². The highest BCUT2D eigenvalue weighted by atomic mass is 79.9. The van der Waals surface area contributed by atoms with Gasteiger partial charge in [0.15, 0.2) is 11.6 Å². The van der Waals surface area contributed by atoms with Gasteiger partial charge < -0.3 is 11.1 Å². The van der Waals surface area contributed by atoms with Crippen LogP contribution in [0, 0.1) is 5.82 Å². The van der Waals surface area contributed by atoms with E-state index in [1.807, 2.05) is 31.2 Å². The smallest absolute Gasteiger partial charge is 0.254 e. The van der Waals surface area contributed by atoms with E-state index in [0.717, 1.165) is 10.0 Å². The molecule has 0 aliphatic carbocycles. The first-order valence-corrected chi connectivity index (χ1v) is 6.74. The summed E-state index contributed by atoms with van der Waals surface area (Å²) in [6.07, 6.45) is 1.30. The van der Waals surface area contributed by atoms with Gasteiger partial charge in [-0.2, -0.15) is 0 Å². The summed E-state index contributed by atoms with van der Waals surface area (Å²) in [6, 6.07) is 8.57. The molecule has 20 heavy (non-hydrogen) atoms. The first-order valence-electron chi connectivity index (χ1n) is 5.95. The van der Waals surface area contributed by atoms with Crippen LogP contribution in [0.1, 0.15) is 28.9 Å². The van der Waals surface area contributed by atoms with Crippen LogP contribution in [-0.4, -0.2) is 10.9 Å². The molecule has 0 bridgehead atoms. The Bertz CT molecular complexity index is 631. The van der Waals surface area contributed by atoms with E-state index in [4.69, 9.17) is 5.73 Å². The van der Waals surface area contributed by atoms with E-state index in [2.05, 4.69) is 26.2 Å². The van der Waals surface area contributed by atoms with Gasteiger partial charge >= 0.3 is 0 Å². The van der Waals surface area contributed by atoms with Crippen LogP contribution in [0.25, 0.3) is 0 Å². The number of amides is 1. The lowest BCUT2D eigenvalue weighted by atomic mass is 10.1. The number of carbonyl (C=O) groups excluding carboxylic acids is 1. The number of nitrogen functional groups attached to an aromatic ring is 1. The molecule has 3 N–H and O–H groups in total. The van der Waals surface area contributed by atoms with Gasteiger partial charge in [-0.05, 0) is 30.7 Å². The van der Waals surface area contributed by atoms with E-state index in [1.165, 1.54) is 12.3 Å². The van der Waals surface area contributed by atoms with Crippen molar-refractivity contribution in [3.8, 4) is 0 Å². The number of nitrogens with one attached hydrogen (secondary N) is 1. The summed E-state index contributed by atoms with van der Waals surface area (Å²) in [6.45, 7) is 1.82. The van der Waals surface area contributed by atoms with Crippen molar-refractivity contribution in [1.82, 2.24) is 10.3 Å². The largest absolute Gasteiger partial charge is 0.381 e. The van der Waals surface area contributed by atoms with Gasteiger partial charge in [-0.25, -0.2) is 9.37 Å². The van der Waals surface area contributed by atoms with Crippen LogP contribution in [0.2, 0.25) is 0 Å². The second-order valence-electron chi connectivity index (χ2n) is 4.30. The zero-order valence-corrected chi connectivity index (χ0v) is 12.3. The van der Waals surface area contributed by atoms with Gasteiger partial charge in [0.05, 0.1) is 11.6 Å². The zero-order valence-electron chi connectivity index (χ0n) is 10.7. The Hall–Kier alpha value is -1.95. The summed E-state index contributed by atoms with van der Waals surface area (Å²) in [5, 5.41) is 2.72. The number of halogens is 2. The highest BCUT2D eigenvalue weighted by molar-refractivity contribution is 9.10. The molecule has 4 nitrogen and oxygen atoms in total. The fourth-order valence-electron chi connectivity index (χ4n) is 1.74. The summed E-state index contributed by atoms with van der Waals surface area (Å²) in [4.78, 5) is 15.6. The molecule has 104 valence electrons. The molecule has 0 radical (unpaired) electrons. The first kappa shape index (κ1) is 14.5. The number of carbonyl (C=O) groups is 1. The number of rotatable bonds is 3. The number of benzene rings is 1. The maximum absolute atomic E-state index is 13.7. The molecule has 1 unspecified atom stereocenters. The number of anilines is 1. The number of pyridine rings is 1. The second-order valence-corrected chi connectivity index (χ2v) is 5.22. The first-order chi connectivity index (χ1) is 9.49. The van der Waals surface area contributed by atoms with E-state index in [-0.39, 0.29) is 17.4 Å². The molecular formula is C14H13BrFN3O. The van der Waals surface area contributed by atoms with Gasteiger partial charge in [0, 0.05) is 10.7 Å². The maximum atomic E-state index is 13.7. The third kappa shape index (κ3) is 3.14. The van der Waals surface area contributed by atoms with Gasteiger partial charge in [0.2, 0.25) is 0 Å². The van der Waals surface area contributed by atoms with Crippen molar-refractivity contribution < 1.29 is 9.18 Å². The molecular weight excluding hydrogens is 325 g/mol. The summed E-state index contributed by atoms with van der Waals surface area (Å²) in [7, 11) is 0. The van der Waals surface area contributed by atoms with Crippen molar-refractivity contribution in [3.63, 3.8) is 0 Å². The monoisotopic (exact) mass is 337 g/mol. The Morgan fingerprint density at radius 3 is 2.65 bits per heavy atom. The second kappa shape index (κ2) is 6.00. The van der Waals surface area contributed by atoms with Gasteiger partial charge in [-0.15, -0.1) is 0 Å². The normalized spacial score (nSPS) is 11.9. The standard InChI is InChI=1S/C14H13BrFN3O/c1-8(9-2-4-10(15)5-3-9)19-14(20)11-6-7-18-13(17)12(11)16/h2-8H,1H3,(H2,17,18)(H,19,20). The van der Waals surface area contributed by atoms with Gasteiger partial charge in [0.25, 0.3) is 5.91 Å². The van der Waals surface area contributed by atoms with Crippen molar-refractivity contribution in [1.29, 1.82) is 0 Å². The van der Waals surface area contributed by atoms with Gasteiger partial charge in [-0.1, -0.05) is 28.1 Å². The average Bonchev–Trinajstić information content (AvgIpc) is 2.42. The SMILES string of the molecule is CC(NC(=O)c1ccnc(N)c1F)c1ccc(Br)cc1. The molecule has 0 saturated carbocycles. The maximum Gasteiger partial charge on any atom is 0.254 e. The molecule has 1 heterocycles. The van der Waals surface area contributed by atoms with Crippen molar-refractivity contribution in [2.75, 3.05) is 5.73 Å². The molecule has 1 aromatic carbocycles. The van der Waals surface area contributed by atoms with Crippen LogP contribution in [0.15, 0.2) is 41.0 Å². The highest BCUT2D eigenvalue weighted by Gasteiger charge is 2.17. The van der Waals surface area contributed by atoms with Crippen LogP contribution in [0.4, 0.5) is 10.2 Å². The molecule has 1 atom stereocenters. The molecule has 0 aliphatic rings. The van der Waals surface area contributed by atoms with Crippen LogP contribution in [-0.2, 0) is 0 Å². The summed E-state index contributed by atoms with van der Waals surface area (Å²) in [5.74, 6) is -1.60. The fourth-order valence-corrected chi connectivity index (χ4v) is 2.01. The molecule has 0 fully saturated rings. The molecule has 1 amide bonds. The van der Waals surface area contributed by atoms with Crippen LogP contribution in [0.5, 0.6) is 0 Å². The number of nitrogens with two attached hydrogens (primary N) is 1. The predicted molar refractivity (Wildman–Crippen MR) is 78.6 cm³/mol. The third-order valence-corrected chi connectivity index (χ3v) is 3.41. The lowest BCUT2D eigenvalue weighted by Gasteiger charge is -2.15. The van der Waals surface area contributed by atoms with E-state index in [1.54, 1.807) is 0 Å². The minimum atomic E-state index is -0.798. The van der Waals surface area contributed by atoms with Crippen LogP contribution in [0.3, 0.4) is 0 Å². The summed E-state index contributed by atoms with van der Waals surface area (Å²) >= 11 is 3.34. The molecule has 0 saturated heterocycles. The van der Waals surface area contributed by atoms with E-state index in [0.29, 0.717) is 0 Å². The fraction of sp³-hybridized carbons (Fsp3) is 0.143. The molecule has 0 spiro atoms. The van der Waals surface area contributed by atoms with Gasteiger partial charge in [-0.3, -0.25) is 4.79 Å². The summed E-state index contributed by atoms with van der Waals surface area (Å²) < 4.78 is 14.7. The zero-order chi connectivity index (χ0) is 14.7. The van der Waals surface area contributed by atoms with Crippen molar-refractivity contribution in [2.45, 2.75) is 13.0 Å². The molecule has 2 rings (SSSR count). The number of hydrogen-bond acceptors (Lipinski definition) is 3. The Balaban J connectivity index is 2.15. The van der Waals surface area contributed by atoms with Gasteiger partial charge in [0.1, 0.15) is 0 Å². The van der Waals surface area contributed by atoms with Crippen molar-refractivity contribution in [3.05, 3.63) is 57.9 Å². The summed E-state index contributed by atoms with van der Waals surface area (Å²) in [5.41, 5.74) is 6.16. The Morgan fingerprint density at radius 2 is 2.00 bits per heavy atom. The van der Waals surface area contributed by atoms with Crippen molar-refractivity contribution >= 4 is 27.7 Å². The van der Waals surface area contributed by atoms with Crippen LogP contribution < -0.4 is 11.1 Å². The molecule has 6 heteroatoms. The minimum Gasteiger partial charge on any atom is -0.381 e. The lowest BCUT2D eigenvalue weighted by molar-refractivity contribution is 0.0936. The number of nitrogens with zero attached hydrogens (tertiary/aromatic N) is 1. The van der Waals surface area contributed by atoms with E-state index < -0.39 is 11.7 Å². The highest BCUT2D eigenvalue weighted by Crippen LogP contribution is 2.18. The van der Waals surface area contributed by atoms with Crippen LogP contribution >= 0.6 is 15.9 Å². The Kier molecular flexibility index (Phi) is 4.34. The van der Waals surface area contributed by atoms with Crippen molar-refractivity contribution in [2.24, 2.45) is 0 Å². The third-order valence-electron chi connectivity index (χ3n) is 2.88. The number of aromatic nitrogens is 1. The lowest BCUT2D eigenvalue weighted by Crippen LogP contribution is -2.27. The molecule has 2 aromatic rings. The Morgan fingerprint density at radius 1 is 1.35 bits per heavy atom.